The van der Waals surface area contributed by atoms with Crippen molar-refractivity contribution in [2.75, 3.05) is 52.1 Å². The van der Waals surface area contributed by atoms with Crippen LogP contribution in [-0.2, 0) is 11.3 Å². The molecule has 1 aromatic rings. The average molecular weight is 358 g/mol. The monoisotopic (exact) mass is 357 g/mol. The first-order valence-electron chi connectivity index (χ1n) is 7.78. The molecule has 130 valence electrons. The summed E-state index contributed by atoms with van der Waals surface area (Å²) >= 11 is 3.58. The molecule has 0 aromatic carbocycles. The number of aliphatic imine (C=N–C) groups is 1. The molecule has 0 unspecified atom stereocenters. The Morgan fingerprint density at radius 2 is 2.17 bits per heavy atom. The number of guanidine groups is 1. The summed E-state index contributed by atoms with van der Waals surface area (Å²) in [5, 5.41) is 9.90. The summed E-state index contributed by atoms with van der Waals surface area (Å²) in [5.74, 6) is 0.823. The fraction of sp³-hybridized carbons (Fsp3) is 0.733. The molecule has 0 spiro atoms. The molecule has 1 fully saturated rings. The lowest BCUT2D eigenvalue weighted by molar-refractivity contribution is 0.0783. The molecule has 1 saturated heterocycles. The Kier molecular flexibility index (Phi) is 6.98. The molecule has 2 heterocycles. The summed E-state index contributed by atoms with van der Waals surface area (Å²) < 4.78 is 5.73. The van der Waals surface area contributed by atoms with Crippen LogP contribution in [0.3, 0.4) is 0 Å². The number of aromatic nitrogens is 1. The Morgan fingerprint density at radius 1 is 1.43 bits per heavy atom. The van der Waals surface area contributed by atoms with Crippen molar-refractivity contribution in [2.45, 2.75) is 24.1 Å². The topological polar surface area (TPSA) is 61.8 Å². The van der Waals surface area contributed by atoms with E-state index in [4.69, 9.17) is 4.74 Å². The van der Waals surface area contributed by atoms with Gasteiger partial charge in [-0.3, -0.25) is 4.99 Å². The van der Waals surface area contributed by atoms with Gasteiger partial charge in [0.05, 0.1) is 12.2 Å². The van der Waals surface area contributed by atoms with E-state index in [1.807, 2.05) is 30.8 Å². The number of nitrogens with zero attached hydrogens (tertiary/aromatic N) is 3. The second kappa shape index (κ2) is 8.75. The van der Waals surface area contributed by atoms with E-state index >= 15 is 0 Å². The number of nitrogens with one attached hydrogen (secondary N) is 2. The highest BCUT2D eigenvalue weighted by Gasteiger charge is 2.31. The quantitative estimate of drug-likeness (QED) is 0.598. The minimum absolute atomic E-state index is 0.245. The van der Waals surface area contributed by atoms with Crippen molar-refractivity contribution in [3.8, 4) is 0 Å². The fourth-order valence-electron chi connectivity index (χ4n) is 2.42. The van der Waals surface area contributed by atoms with Crippen molar-refractivity contribution in [3.05, 3.63) is 11.1 Å². The minimum atomic E-state index is 0.245. The molecular formula is C15H27N5OS2. The van der Waals surface area contributed by atoms with Crippen LogP contribution < -0.4 is 15.5 Å². The van der Waals surface area contributed by atoms with Gasteiger partial charge in [-0.15, -0.1) is 11.3 Å². The van der Waals surface area contributed by atoms with E-state index in [1.165, 1.54) is 0 Å². The van der Waals surface area contributed by atoms with Crippen molar-refractivity contribution in [3.63, 3.8) is 0 Å². The molecule has 2 rings (SSSR count). The standard InChI is InChI=1S/C15H27N5OS2/c1-16-13(17-9-12-10-23-14(19-12)20(2)3)18-11-15(22-4)5-7-21-8-6-15/h10H,5-9,11H2,1-4H3,(H2,16,17,18). The summed E-state index contributed by atoms with van der Waals surface area (Å²) in [6, 6.07) is 0. The van der Waals surface area contributed by atoms with Crippen LogP contribution in [0.25, 0.3) is 0 Å². The molecule has 0 amide bonds. The molecule has 0 radical (unpaired) electrons. The van der Waals surface area contributed by atoms with Crippen molar-refractivity contribution in [1.82, 2.24) is 15.6 Å². The van der Waals surface area contributed by atoms with Crippen LogP contribution in [0.4, 0.5) is 5.13 Å². The van der Waals surface area contributed by atoms with Gasteiger partial charge in [-0.05, 0) is 19.1 Å². The fourth-order valence-corrected chi connectivity index (χ4v) is 3.97. The van der Waals surface area contributed by atoms with E-state index in [0.29, 0.717) is 6.54 Å². The number of hydrogen-bond donors (Lipinski definition) is 2. The molecule has 8 heteroatoms. The summed E-state index contributed by atoms with van der Waals surface area (Å²) in [6.07, 6.45) is 4.34. The van der Waals surface area contributed by atoms with Crippen molar-refractivity contribution in [2.24, 2.45) is 4.99 Å². The Labute approximate surface area is 147 Å². The molecular weight excluding hydrogens is 330 g/mol. The zero-order valence-electron chi connectivity index (χ0n) is 14.4. The molecule has 0 saturated carbocycles. The Balaban J connectivity index is 1.83. The van der Waals surface area contributed by atoms with Crippen molar-refractivity contribution < 1.29 is 4.74 Å². The number of thiazole rings is 1. The van der Waals surface area contributed by atoms with Gasteiger partial charge >= 0.3 is 0 Å². The smallest absolute Gasteiger partial charge is 0.191 e. The normalized spacial score (nSPS) is 17.8. The number of rotatable bonds is 6. The predicted molar refractivity (Wildman–Crippen MR) is 101 cm³/mol. The van der Waals surface area contributed by atoms with Gasteiger partial charge in [0.15, 0.2) is 11.1 Å². The van der Waals surface area contributed by atoms with E-state index in [1.54, 1.807) is 18.4 Å². The van der Waals surface area contributed by atoms with Gasteiger partial charge in [-0.25, -0.2) is 4.98 Å². The largest absolute Gasteiger partial charge is 0.381 e. The second-order valence-corrected chi connectivity index (χ2v) is 7.91. The lowest BCUT2D eigenvalue weighted by Gasteiger charge is -2.36. The Morgan fingerprint density at radius 3 is 2.74 bits per heavy atom. The first-order chi connectivity index (χ1) is 11.1. The van der Waals surface area contributed by atoms with Crippen LogP contribution in [0.5, 0.6) is 0 Å². The van der Waals surface area contributed by atoms with Gasteiger partial charge in [-0.2, -0.15) is 11.8 Å². The maximum atomic E-state index is 5.49. The zero-order valence-corrected chi connectivity index (χ0v) is 16.0. The summed E-state index contributed by atoms with van der Waals surface area (Å²) in [4.78, 5) is 10.9. The molecule has 0 bridgehead atoms. The Bertz CT molecular complexity index is 512. The summed E-state index contributed by atoms with van der Waals surface area (Å²) in [5.41, 5.74) is 1.03. The molecule has 1 aliphatic heterocycles. The van der Waals surface area contributed by atoms with Gasteiger partial charge < -0.3 is 20.3 Å². The number of thioether (sulfide) groups is 1. The Hall–Kier alpha value is -0.990. The molecule has 1 aliphatic rings. The summed E-state index contributed by atoms with van der Waals surface area (Å²) in [7, 11) is 5.82. The maximum Gasteiger partial charge on any atom is 0.191 e. The molecule has 6 nitrogen and oxygen atoms in total. The van der Waals surface area contributed by atoms with E-state index < -0.39 is 0 Å². The molecule has 0 aliphatic carbocycles. The third kappa shape index (κ3) is 5.26. The molecule has 2 N–H and O–H groups in total. The number of anilines is 1. The zero-order chi connectivity index (χ0) is 16.7. The molecule has 23 heavy (non-hydrogen) atoms. The van der Waals surface area contributed by atoms with Crippen LogP contribution in [0.15, 0.2) is 10.4 Å². The van der Waals surface area contributed by atoms with E-state index in [2.05, 4.69) is 32.2 Å². The second-order valence-electron chi connectivity index (χ2n) is 5.79. The number of ether oxygens (including phenoxy) is 1. The van der Waals surface area contributed by atoms with Crippen molar-refractivity contribution in [1.29, 1.82) is 0 Å². The maximum absolute atomic E-state index is 5.49. The van der Waals surface area contributed by atoms with Crippen LogP contribution >= 0.6 is 23.1 Å². The minimum Gasteiger partial charge on any atom is -0.381 e. The highest BCUT2D eigenvalue weighted by molar-refractivity contribution is 8.00. The summed E-state index contributed by atoms with van der Waals surface area (Å²) in [6.45, 7) is 3.28. The average Bonchev–Trinajstić information content (AvgIpc) is 3.05. The van der Waals surface area contributed by atoms with Gasteiger partial charge in [0, 0.05) is 51.0 Å². The van der Waals surface area contributed by atoms with Gasteiger partial charge in [0.25, 0.3) is 0 Å². The lowest BCUT2D eigenvalue weighted by Crippen LogP contribution is -2.47. The van der Waals surface area contributed by atoms with Gasteiger partial charge in [0.2, 0.25) is 0 Å². The SMILES string of the molecule is CN=C(NCc1csc(N(C)C)n1)NCC1(SC)CCOCC1. The lowest BCUT2D eigenvalue weighted by atomic mass is 9.99. The van der Waals surface area contributed by atoms with Crippen LogP contribution in [0, 0.1) is 0 Å². The number of hydrogen-bond acceptors (Lipinski definition) is 6. The predicted octanol–water partition coefficient (Wildman–Crippen LogP) is 1.79. The van der Waals surface area contributed by atoms with Crippen molar-refractivity contribution >= 4 is 34.2 Å². The van der Waals surface area contributed by atoms with Gasteiger partial charge in [-0.1, -0.05) is 0 Å². The first-order valence-corrected chi connectivity index (χ1v) is 9.88. The van der Waals surface area contributed by atoms with E-state index in [9.17, 15) is 0 Å². The van der Waals surface area contributed by atoms with Gasteiger partial charge in [0.1, 0.15) is 0 Å². The molecule has 1 aromatic heterocycles. The van der Waals surface area contributed by atoms with E-state index in [-0.39, 0.29) is 4.75 Å². The highest BCUT2D eigenvalue weighted by atomic mass is 32.2. The molecule has 0 atom stereocenters. The van der Waals surface area contributed by atoms with Crippen LogP contribution in [0.1, 0.15) is 18.5 Å². The third-order valence-electron chi connectivity index (χ3n) is 4.00. The van der Waals surface area contributed by atoms with E-state index in [0.717, 1.165) is 49.4 Å². The van der Waals surface area contributed by atoms with Crippen LogP contribution in [0.2, 0.25) is 0 Å². The van der Waals surface area contributed by atoms with Crippen LogP contribution in [-0.4, -0.2) is 62.8 Å². The highest BCUT2D eigenvalue weighted by Crippen LogP contribution is 2.32. The third-order valence-corrected chi connectivity index (χ3v) is 6.47. The first kappa shape index (κ1) is 18.4.